The Morgan fingerprint density at radius 1 is 1.32 bits per heavy atom. The molecule has 7 nitrogen and oxygen atoms in total. The Hall–Kier alpha value is -3.66. The van der Waals surface area contributed by atoms with E-state index in [4.69, 9.17) is 5.73 Å². The van der Waals surface area contributed by atoms with Crippen molar-refractivity contribution in [3.63, 3.8) is 0 Å². The Kier molecular flexibility index (Phi) is 5.24. The van der Waals surface area contributed by atoms with Crippen LogP contribution in [0.4, 0.5) is 0 Å². The van der Waals surface area contributed by atoms with Gasteiger partial charge in [0, 0.05) is 25.4 Å². The van der Waals surface area contributed by atoms with E-state index in [1.54, 1.807) is 22.8 Å². The summed E-state index contributed by atoms with van der Waals surface area (Å²) in [4.78, 5) is 30.6. The molecule has 2 amide bonds. The van der Waals surface area contributed by atoms with Crippen LogP contribution in [0.3, 0.4) is 0 Å². The summed E-state index contributed by atoms with van der Waals surface area (Å²) in [6.07, 6.45) is 4.07. The number of aryl methyl sites for hydroxylation is 1. The monoisotopic (exact) mass is 415 g/mol. The number of likely N-dealkylation sites (tertiary alicyclic amines) is 1. The van der Waals surface area contributed by atoms with Gasteiger partial charge in [-0.3, -0.25) is 14.6 Å². The second kappa shape index (κ2) is 7.88. The fraction of sp³-hybridized carbons (Fsp3) is 0.333. The third kappa shape index (κ3) is 3.66. The number of nitrogens with two attached hydrogens (primary N) is 1. The van der Waals surface area contributed by atoms with Gasteiger partial charge in [0.1, 0.15) is 5.41 Å². The summed E-state index contributed by atoms with van der Waals surface area (Å²) in [7, 11) is 1.80. The Morgan fingerprint density at radius 3 is 2.81 bits per heavy atom. The minimum atomic E-state index is -0.664. The molecule has 0 saturated carbocycles. The highest BCUT2D eigenvalue weighted by Gasteiger charge is 2.39. The predicted octanol–water partition coefficient (Wildman–Crippen LogP) is 2.69. The van der Waals surface area contributed by atoms with E-state index in [9.17, 15) is 9.59 Å². The molecule has 1 aliphatic heterocycles. The summed E-state index contributed by atoms with van der Waals surface area (Å²) in [6.45, 7) is 4.66. The summed E-state index contributed by atoms with van der Waals surface area (Å²) in [5.41, 5.74) is 8.30. The molecule has 31 heavy (non-hydrogen) atoms. The van der Waals surface area contributed by atoms with Crippen LogP contribution in [0.2, 0.25) is 0 Å². The van der Waals surface area contributed by atoms with Gasteiger partial charge in [-0.15, -0.1) is 0 Å². The Morgan fingerprint density at radius 2 is 2.13 bits per heavy atom. The third-order valence-electron chi connectivity index (χ3n) is 5.73. The van der Waals surface area contributed by atoms with Crippen molar-refractivity contribution in [3.8, 4) is 17.5 Å². The smallest absolute Gasteiger partial charge is 0.269 e. The van der Waals surface area contributed by atoms with Crippen molar-refractivity contribution in [3.05, 3.63) is 53.5 Å². The number of primary amides is 1. The average molecular weight is 415 g/mol. The number of amides is 2. The number of nitrogens with zero attached hydrogens (tertiary/aromatic N) is 4. The summed E-state index contributed by atoms with van der Waals surface area (Å²) >= 11 is 0. The van der Waals surface area contributed by atoms with Crippen LogP contribution in [0.1, 0.15) is 48.4 Å². The third-order valence-corrected chi connectivity index (χ3v) is 5.73. The van der Waals surface area contributed by atoms with Crippen LogP contribution in [-0.2, 0) is 11.2 Å². The van der Waals surface area contributed by atoms with E-state index >= 15 is 0 Å². The van der Waals surface area contributed by atoms with Gasteiger partial charge in [0.2, 0.25) is 5.91 Å². The van der Waals surface area contributed by atoms with Crippen molar-refractivity contribution in [1.29, 1.82) is 0 Å². The van der Waals surface area contributed by atoms with E-state index in [1.165, 1.54) is 0 Å². The highest BCUT2D eigenvalue weighted by molar-refractivity contribution is 6.05. The van der Waals surface area contributed by atoms with Crippen molar-refractivity contribution >= 4 is 22.7 Å². The molecule has 0 spiro atoms. The first-order valence-electron chi connectivity index (χ1n) is 10.4. The quantitative estimate of drug-likeness (QED) is 0.663. The standard InChI is InChI=1S/C24H25N5O2/c1-4-6-18-20-19(10-13-26-18)29(27-21(20)22(25)30)17-8-5-7-16(15-17)9-11-24(2)12-14-28(3)23(24)31/h5,7-8,10,13,15H,4,6,12,14H2,1-3H3,(H2,25,30)/t24-/m1/s1. The molecule has 0 unspecified atom stereocenters. The lowest BCUT2D eigenvalue weighted by Crippen LogP contribution is -2.28. The second-order valence-corrected chi connectivity index (χ2v) is 8.14. The van der Waals surface area contributed by atoms with Gasteiger partial charge < -0.3 is 10.6 Å². The maximum Gasteiger partial charge on any atom is 0.269 e. The Bertz CT molecular complexity index is 1250. The number of aromatic nitrogens is 3. The highest BCUT2D eigenvalue weighted by Crippen LogP contribution is 2.30. The van der Waals surface area contributed by atoms with Gasteiger partial charge in [-0.25, -0.2) is 4.68 Å². The largest absolute Gasteiger partial charge is 0.364 e. The number of hydrogen-bond donors (Lipinski definition) is 1. The molecule has 7 heteroatoms. The molecule has 2 N–H and O–H groups in total. The molecule has 0 bridgehead atoms. The van der Waals surface area contributed by atoms with Gasteiger partial charge in [-0.1, -0.05) is 31.3 Å². The molecule has 1 atom stereocenters. The molecule has 3 heterocycles. The van der Waals surface area contributed by atoms with Crippen molar-refractivity contribution in [1.82, 2.24) is 19.7 Å². The van der Waals surface area contributed by atoms with Crippen LogP contribution in [0.15, 0.2) is 36.5 Å². The van der Waals surface area contributed by atoms with E-state index in [-0.39, 0.29) is 11.6 Å². The molecule has 1 saturated heterocycles. The van der Waals surface area contributed by atoms with E-state index in [0.717, 1.165) is 35.3 Å². The normalized spacial score (nSPS) is 18.3. The minimum absolute atomic E-state index is 0.0521. The molecule has 1 aliphatic rings. The Balaban J connectivity index is 1.79. The zero-order chi connectivity index (χ0) is 22.2. The lowest BCUT2D eigenvalue weighted by molar-refractivity contribution is -0.131. The molecule has 2 aromatic heterocycles. The highest BCUT2D eigenvalue weighted by atomic mass is 16.2. The van der Waals surface area contributed by atoms with Crippen molar-refractivity contribution in [2.75, 3.05) is 13.6 Å². The van der Waals surface area contributed by atoms with Gasteiger partial charge in [0.25, 0.3) is 5.91 Å². The number of benzene rings is 1. The van der Waals surface area contributed by atoms with Crippen molar-refractivity contribution in [2.24, 2.45) is 11.1 Å². The maximum absolute atomic E-state index is 12.4. The van der Waals surface area contributed by atoms with Crippen LogP contribution >= 0.6 is 0 Å². The number of hydrogen-bond acceptors (Lipinski definition) is 4. The fourth-order valence-corrected chi connectivity index (χ4v) is 3.99. The Labute approximate surface area is 181 Å². The van der Waals surface area contributed by atoms with E-state index in [2.05, 4.69) is 28.8 Å². The number of carbonyl (C=O) groups excluding carboxylic acids is 2. The van der Waals surface area contributed by atoms with Crippen LogP contribution < -0.4 is 5.73 Å². The molecular formula is C24H25N5O2. The number of fused-ring (bicyclic) bond motifs is 1. The van der Waals surface area contributed by atoms with Gasteiger partial charge in [-0.05, 0) is 44.0 Å². The van der Waals surface area contributed by atoms with E-state index in [1.807, 2.05) is 37.3 Å². The molecule has 158 valence electrons. The van der Waals surface area contributed by atoms with E-state index < -0.39 is 11.3 Å². The molecule has 1 aromatic carbocycles. The zero-order valence-corrected chi connectivity index (χ0v) is 18.0. The average Bonchev–Trinajstić information content (AvgIpc) is 3.28. The van der Waals surface area contributed by atoms with Gasteiger partial charge in [-0.2, -0.15) is 5.10 Å². The summed E-state index contributed by atoms with van der Waals surface area (Å²) < 4.78 is 1.71. The van der Waals surface area contributed by atoms with Gasteiger partial charge in [0.05, 0.1) is 22.3 Å². The first-order chi connectivity index (χ1) is 14.8. The van der Waals surface area contributed by atoms with Crippen molar-refractivity contribution in [2.45, 2.75) is 33.1 Å². The fourth-order valence-electron chi connectivity index (χ4n) is 3.99. The van der Waals surface area contributed by atoms with Crippen LogP contribution in [0.25, 0.3) is 16.6 Å². The topological polar surface area (TPSA) is 94.1 Å². The lowest BCUT2D eigenvalue weighted by atomic mass is 9.89. The van der Waals surface area contributed by atoms with Gasteiger partial charge >= 0.3 is 0 Å². The molecule has 0 radical (unpaired) electrons. The van der Waals surface area contributed by atoms with Crippen LogP contribution in [0, 0.1) is 17.3 Å². The van der Waals surface area contributed by atoms with E-state index in [0.29, 0.717) is 18.4 Å². The predicted molar refractivity (Wildman–Crippen MR) is 119 cm³/mol. The summed E-state index contributed by atoms with van der Waals surface area (Å²) in [5.74, 6) is 5.79. The molecule has 4 rings (SSSR count). The zero-order valence-electron chi connectivity index (χ0n) is 18.0. The first kappa shape index (κ1) is 20.6. The summed E-state index contributed by atoms with van der Waals surface area (Å²) in [5, 5.41) is 5.20. The number of rotatable bonds is 4. The second-order valence-electron chi connectivity index (χ2n) is 8.14. The lowest BCUT2D eigenvalue weighted by Gasteiger charge is -2.14. The molecule has 1 fully saturated rings. The number of pyridine rings is 1. The molecule has 3 aromatic rings. The first-order valence-corrected chi connectivity index (χ1v) is 10.4. The number of carbonyl (C=O) groups is 2. The molecular weight excluding hydrogens is 390 g/mol. The maximum atomic E-state index is 12.4. The van der Waals surface area contributed by atoms with Gasteiger partial charge in [0.15, 0.2) is 5.69 Å². The summed E-state index contributed by atoms with van der Waals surface area (Å²) in [6, 6.07) is 9.42. The SMILES string of the molecule is CCCc1nccc2c1c(C(N)=O)nn2-c1cccc(C#C[C@]2(C)CCN(C)C2=O)c1. The minimum Gasteiger partial charge on any atom is -0.364 e. The van der Waals surface area contributed by atoms with Crippen LogP contribution in [-0.4, -0.2) is 45.1 Å². The molecule has 0 aliphatic carbocycles. The van der Waals surface area contributed by atoms with Crippen molar-refractivity contribution < 1.29 is 9.59 Å². The van der Waals surface area contributed by atoms with Crippen LogP contribution in [0.5, 0.6) is 0 Å².